The molecule has 1 N–H and O–H groups in total. The van der Waals surface area contributed by atoms with Crippen molar-refractivity contribution in [1.82, 2.24) is 5.32 Å². The fourth-order valence-corrected chi connectivity index (χ4v) is 2.76. The van der Waals surface area contributed by atoms with E-state index in [-0.39, 0.29) is 24.2 Å². The van der Waals surface area contributed by atoms with Crippen molar-refractivity contribution >= 4 is 11.6 Å². The molecule has 2 aromatic rings. The minimum absolute atomic E-state index is 0.00985. The van der Waals surface area contributed by atoms with Gasteiger partial charge in [0.05, 0.1) is 11.0 Å². The number of fused-ring (bicyclic) bond motifs is 1. The second kappa shape index (κ2) is 6.48. The van der Waals surface area contributed by atoms with E-state index in [2.05, 4.69) is 11.4 Å². The molecule has 0 radical (unpaired) electrons. The lowest BCUT2D eigenvalue weighted by Gasteiger charge is -2.14. The second-order valence-corrected chi connectivity index (χ2v) is 5.40. The van der Waals surface area contributed by atoms with E-state index >= 15 is 0 Å². The lowest BCUT2D eigenvalue weighted by molar-refractivity contribution is -0.384. The normalized spacial score (nSPS) is 15.7. The quantitative estimate of drug-likeness (QED) is 0.680. The molecular formula is C17H16N2O4. The summed E-state index contributed by atoms with van der Waals surface area (Å²) in [5.41, 5.74) is 2.43. The first kappa shape index (κ1) is 15.0. The Labute approximate surface area is 133 Å². The standard InChI is InChI=1S/C17H16N2O4/c20-17(11-23-14-8-6-13(7-9-14)19(21)22)18-16-10-5-12-3-1-2-4-15(12)16/h1-4,6-9,16H,5,10-11H2,(H,18,20)/t16-/m0/s1. The van der Waals surface area contributed by atoms with E-state index in [1.807, 2.05) is 18.2 Å². The van der Waals surface area contributed by atoms with Crippen molar-refractivity contribution in [2.45, 2.75) is 18.9 Å². The average molecular weight is 312 g/mol. The third-order valence-corrected chi connectivity index (χ3v) is 3.89. The van der Waals surface area contributed by atoms with Gasteiger partial charge >= 0.3 is 0 Å². The molecule has 0 saturated carbocycles. The Balaban J connectivity index is 1.53. The predicted molar refractivity (Wildman–Crippen MR) is 84.2 cm³/mol. The number of non-ortho nitro benzene ring substituents is 1. The molecule has 0 aromatic heterocycles. The molecule has 0 heterocycles. The van der Waals surface area contributed by atoms with Crippen molar-refractivity contribution in [3.8, 4) is 5.75 Å². The Morgan fingerprint density at radius 1 is 1.22 bits per heavy atom. The summed E-state index contributed by atoms with van der Waals surface area (Å²) in [4.78, 5) is 22.1. The fraction of sp³-hybridized carbons (Fsp3) is 0.235. The van der Waals surface area contributed by atoms with Gasteiger partial charge in [0.25, 0.3) is 11.6 Å². The molecule has 1 amide bonds. The van der Waals surface area contributed by atoms with E-state index in [1.165, 1.54) is 29.8 Å². The zero-order valence-electron chi connectivity index (χ0n) is 12.4. The first-order chi connectivity index (χ1) is 11.1. The summed E-state index contributed by atoms with van der Waals surface area (Å²) in [6.45, 7) is -0.115. The van der Waals surface area contributed by atoms with Gasteiger partial charge in [-0.1, -0.05) is 24.3 Å². The monoisotopic (exact) mass is 312 g/mol. The van der Waals surface area contributed by atoms with Crippen LogP contribution >= 0.6 is 0 Å². The topological polar surface area (TPSA) is 81.5 Å². The van der Waals surface area contributed by atoms with Crippen LogP contribution in [0, 0.1) is 10.1 Å². The molecule has 6 heteroatoms. The molecule has 23 heavy (non-hydrogen) atoms. The number of carbonyl (C=O) groups is 1. The van der Waals surface area contributed by atoms with Gasteiger partial charge in [-0.2, -0.15) is 0 Å². The Morgan fingerprint density at radius 2 is 1.96 bits per heavy atom. The van der Waals surface area contributed by atoms with Crippen LogP contribution in [0.1, 0.15) is 23.6 Å². The third kappa shape index (κ3) is 3.48. The van der Waals surface area contributed by atoms with Gasteiger partial charge in [0.2, 0.25) is 0 Å². The summed E-state index contributed by atoms with van der Waals surface area (Å²) in [6, 6.07) is 13.8. The number of aryl methyl sites for hydroxylation is 1. The molecule has 0 bridgehead atoms. The van der Waals surface area contributed by atoms with Crippen LogP contribution in [0.2, 0.25) is 0 Å². The van der Waals surface area contributed by atoms with E-state index in [0.717, 1.165) is 18.4 Å². The number of hydrogen-bond donors (Lipinski definition) is 1. The number of hydrogen-bond acceptors (Lipinski definition) is 4. The lowest BCUT2D eigenvalue weighted by atomic mass is 10.1. The van der Waals surface area contributed by atoms with E-state index in [1.54, 1.807) is 0 Å². The molecule has 6 nitrogen and oxygen atoms in total. The van der Waals surface area contributed by atoms with Gasteiger partial charge in [0.1, 0.15) is 5.75 Å². The average Bonchev–Trinajstić information content (AvgIpc) is 2.96. The van der Waals surface area contributed by atoms with Gasteiger partial charge < -0.3 is 10.1 Å². The highest BCUT2D eigenvalue weighted by atomic mass is 16.6. The van der Waals surface area contributed by atoms with E-state index in [9.17, 15) is 14.9 Å². The van der Waals surface area contributed by atoms with Crippen LogP contribution in [-0.4, -0.2) is 17.4 Å². The van der Waals surface area contributed by atoms with Crippen molar-refractivity contribution in [3.05, 3.63) is 69.8 Å². The zero-order valence-corrected chi connectivity index (χ0v) is 12.4. The minimum atomic E-state index is -0.478. The molecule has 0 saturated heterocycles. The van der Waals surface area contributed by atoms with E-state index < -0.39 is 4.92 Å². The summed E-state index contributed by atoms with van der Waals surface area (Å²) in [5.74, 6) is 0.225. The zero-order chi connectivity index (χ0) is 16.2. The van der Waals surface area contributed by atoms with Gasteiger partial charge in [-0.3, -0.25) is 14.9 Å². The molecule has 0 spiro atoms. The number of carbonyl (C=O) groups excluding carboxylic acids is 1. The molecule has 3 rings (SSSR count). The molecule has 0 unspecified atom stereocenters. The van der Waals surface area contributed by atoms with Gasteiger partial charge in [-0.25, -0.2) is 0 Å². The summed E-state index contributed by atoms with van der Waals surface area (Å²) in [5, 5.41) is 13.5. The van der Waals surface area contributed by atoms with Crippen LogP contribution < -0.4 is 10.1 Å². The molecule has 0 fully saturated rings. The van der Waals surface area contributed by atoms with E-state index in [4.69, 9.17) is 4.74 Å². The number of ether oxygens (including phenoxy) is 1. The fourth-order valence-electron chi connectivity index (χ4n) is 2.76. The van der Waals surface area contributed by atoms with E-state index in [0.29, 0.717) is 5.75 Å². The highest BCUT2D eigenvalue weighted by molar-refractivity contribution is 5.78. The van der Waals surface area contributed by atoms with Crippen LogP contribution in [0.5, 0.6) is 5.75 Å². The predicted octanol–water partition coefficient (Wildman–Crippen LogP) is 2.78. The first-order valence-corrected chi connectivity index (χ1v) is 7.38. The Hall–Kier alpha value is -2.89. The number of rotatable bonds is 5. The summed E-state index contributed by atoms with van der Waals surface area (Å²) in [7, 11) is 0. The van der Waals surface area contributed by atoms with Crippen molar-refractivity contribution in [3.63, 3.8) is 0 Å². The maximum atomic E-state index is 12.0. The summed E-state index contributed by atoms with van der Waals surface area (Å²) < 4.78 is 5.37. The molecule has 1 atom stereocenters. The molecule has 2 aromatic carbocycles. The molecule has 1 aliphatic rings. The number of amides is 1. The minimum Gasteiger partial charge on any atom is -0.484 e. The van der Waals surface area contributed by atoms with Gasteiger partial charge in [-0.15, -0.1) is 0 Å². The van der Waals surface area contributed by atoms with Crippen LogP contribution in [0.3, 0.4) is 0 Å². The van der Waals surface area contributed by atoms with Crippen LogP contribution in [0.4, 0.5) is 5.69 Å². The Morgan fingerprint density at radius 3 is 2.70 bits per heavy atom. The van der Waals surface area contributed by atoms with Crippen molar-refractivity contribution in [1.29, 1.82) is 0 Å². The number of nitrogens with one attached hydrogen (secondary N) is 1. The van der Waals surface area contributed by atoms with Crippen molar-refractivity contribution < 1.29 is 14.5 Å². The third-order valence-electron chi connectivity index (χ3n) is 3.89. The Bertz CT molecular complexity index is 728. The number of nitro groups is 1. The largest absolute Gasteiger partial charge is 0.484 e. The molecule has 0 aliphatic heterocycles. The highest BCUT2D eigenvalue weighted by Crippen LogP contribution is 2.30. The lowest BCUT2D eigenvalue weighted by Crippen LogP contribution is -2.31. The first-order valence-electron chi connectivity index (χ1n) is 7.38. The van der Waals surface area contributed by atoms with Crippen molar-refractivity contribution in [2.24, 2.45) is 0 Å². The summed E-state index contributed by atoms with van der Waals surface area (Å²) in [6.07, 6.45) is 1.85. The number of benzene rings is 2. The summed E-state index contributed by atoms with van der Waals surface area (Å²) >= 11 is 0. The van der Waals surface area contributed by atoms with Gasteiger partial charge in [-0.05, 0) is 36.1 Å². The maximum Gasteiger partial charge on any atom is 0.269 e. The second-order valence-electron chi connectivity index (χ2n) is 5.40. The van der Waals surface area contributed by atoms with Crippen molar-refractivity contribution in [2.75, 3.05) is 6.61 Å². The SMILES string of the molecule is O=C(COc1ccc([N+](=O)[O-])cc1)N[C@H]1CCc2ccccc21. The molecular weight excluding hydrogens is 296 g/mol. The highest BCUT2D eigenvalue weighted by Gasteiger charge is 2.23. The van der Waals surface area contributed by atoms with Gasteiger partial charge in [0, 0.05) is 12.1 Å². The van der Waals surface area contributed by atoms with Crippen LogP contribution in [0.15, 0.2) is 48.5 Å². The number of nitrogens with zero attached hydrogens (tertiary/aromatic N) is 1. The van der Waals surface area contributed by atoms with Gasteiger partial charge in [0.15, 0.2) is 6.61 Å². The number of nitro benzene ring substituents is 1. The Kier molecular flexibility index (Phi) is 4.23. The molecule has 1 aliphatic carbocycles. The smallest absolute Gasteiger partial charge is 0.269 e. The maximum absolute atomic E-state index is 12.0. The molecule has 118 valence electrons. The van der Waals surface area contributed by atoms with Crippen LogP contribution in [0.25, 0.3) is 0 Å². The van der Waals surface area contributed by atoms with Crippen LogP contribution in [-0.2, 0) is 11.2 Å².